The number of aryl methyl sites for hydroxylation is 4. The number of benzene rings is 1. The SMILES string of the molecule is Cc1ccc(NC(=O)NC(=O)Cn2cnc3sc4c(c3c2=O)CCCCC4)cc1C. The fourth-order valence-electron chi connectivity index (χ4n) is 3.77. The maximum Gasteiger partial charge on any atom is 0.325 e. The molecule has 156 valence electrons. The molecular formula is C22H24N4O3S. The van der Waals surface area contributed by atoms with Gasteiger partial charge in [-0.1, -0.05) is 12.5 Å². The summed E-state index contributed by atoms with van der Waals surface area (Å²) in [5, 5.41) is 5.55. The standard InChI is InChI=1S/C22H24N4O3S/c1-13-8-9-15(10-14(13)2)24-22(29)25-18(27)11-26-12-23-20-19(21(26)28)16-6-4-3-5-7-17(16)30-20/h8-10,12H,3-7,11H2,1-2H3,(H2,24,25,27,29). The molecule has 0 atom stereocenters. The van der Waals surface area contributed by atoms with Crippen LogP contribution in [0.2, 0.25) is 0 Å². The molecule has 0 saturated carbocycles. The predicted molar refractivity (Wildman–Crippen MR) is 118 cm³/mol. The third kappa shape index (κ3) is 4.14. The van der Waals surface area contributed by atoms with Crippen LogP contribution in [0.5, 0.6) is 0 Å². The van der Waals surface area contributed by atoms with Gasteiger partial charge in [-0.15, -0.1) is 11.3 Å². The first-order chi connectivity index (χ1) is 14.4. The first-order valence-corrected chi connectivity index (χ1v) is 10.9. The fraction of sp³-hybridized carbons (Fsp3) is 0.364. The van der Waals surface area contributed by atoms with Crippen molar-refractivity contribution in [3.63, 3.8) is 0 Å². The molecule has 1 aliphatic carbocycles. The number of anilines is 1. The lowest BCUT2D eigenvalue weighted by Gasteiger charge is -2.09. The molecule has 0 unspecified atom stereocenters. The quantitative estimate of drug-likeness (QED) is 0.627. The number of hydrogen-bond donors (Lipinski definition) is 2. The second kappa shape index (κ2) is 8.39. The van der Waals surface area contributed by atoms with Gasteiger partial charge in [-0.3, -0.25) is 19.5 Å². The van der Waals surface area contributed by atoms with Crippen molar-refractivity contribution < 1.29 is 9.59 Å². The first-order valence-electron chi connectivity index (χ1n) is 10.1. The van der Waals surface area contributed by atoms with Crippen LogP contribution in [-0.4, -0.2) is 21.5 Å². The van der Waals surface area contributed by atoms with E-state index in [1.807, 2.05) is 26.0 Å². The van der Waals surface area contributed by atoms with Gasteiger partial charge >= 0.3 is 6.03 Å². The minimum absolute atomic E-state index is 0.218. The van der Waals surface area contributed by atoms with Crippen LogP contribution in [0.4, 0.5) is 10.5 Å². The van der Waals surface area contributed by atoms with Gasteiger partial charge in [0.05, 0.1) is 11.7 Å². The van der Waals surface area contributed by atoms with Gasteiger partial charge in [0.2, 0.25) is 5.91 Å². The van der Waals surface area contributed by atoms with E-state index in [0.29, 0.717) is 11.1 Å². The van der Waals surface area contributed by atoms with Crippen molar-refractivity contribution in [2.45, 2.75) is 52.5 Å². The zero-order valence-corrected chi connectivity index (χ0v) is 17.9. The lowest BCUT2D eigenvalue weighted by molar-refractivity contribution is -0.120. The molecule has 3 amide bonds. The van der Waals surface area contributed by atoms with E-state index in [0.717, 1.165) is 53.6 Å². The Hall–Kier alpha value is -3.00. The average molecular weight is 425 g/mol. The van der Waals surface area contributed by atoms with Crippen molar-refractivity contribution in [3.8, 4) is 0 Å². The third-order valence-electron chi connectivity index (χ3n) is 5.52. The molecule has 0 radical (unpaired) electrons. The number of fused-ring (bicyclic) bond motifs is 3. The summed E-state index contributed by atoms with van der Waals surface area (Å²) in [4.78, 5) is 43.9. The number of amides is 3. The number of aromatic nitrogens is 2. The summed E-state index contributed by atoms with van der Waals surface area (Å²) in [6, 6.07) is 4.88. The molecule has 1 aromatic carbocycles. The zero-order valence-electron chi connectivity index (χ0n) is 17.1. The van der Waals surface area contributed by atoms with Gasteiger partial charge in [0.1, 0.15) is 11.4 Å². The van der Waals surface area contributed by atoms with Crippen LogP contribution in [-0.2, 0) is 24.2 Å². The number of hydrogen-bond acceptors (Lipinski definition) is 5. The highest BCUT2D eigenvalue weighted by atomic mass is 32.1. The zero-order chi connectivity index (χ0) is 21.3. The monoisotopic (exact) mass is 424 g/mol. The van der Waals surface area contributed by atoms with Crippen molar-refractivity contribution in [2.75, 3.05) is 5.32 Å². The highest BCUT2D eigenvalue weighted by Gasteiger charge is 2.20. The predicted octanol–water partition coefficient (Wildman–Crippen LogP) is 3.69. The van der Waals surface area contributed by atoms with E-state index < -0.39 is 11.9 Å². The third-order valence-corrected chi connectivity index (χ3v) is 6.72. The number of urea groups is 1. The Labute approximate surface area is 178 Å². The van der Waals surface area contributed by atoms with Gasteiger partial charge < -0.3 is 5.32 Å². The number of nitrogens with zero attached hydrogens (tertiary/aromatic N) is 2. The Bertz CT molecular complexity index is 1200. The van der Waals surface area contributed by atoms with E-state index >= 15 is 0 Å². The van der Waals surface area contributed by atoms with E-state index in [1.54, 1.807) is 17.4 Å². The van der Waals surface area contributed by atoms with Crippen LogP contribution in [0.15, 0.2) is 29.3 Å². The largest absolute Gasteiger partial charge is 0.325 e. The summed E-state index contributed by atoms with van der Waals surface area (Å²) in [7, 11) is 0. The molecule has 0 aliphatic heterocycles. The molecule has 2 heterocycles. The first kappa shape index (κ1) is 20.3. The van der Waals surface area contributed by atoms with Crippen molar-refractivity contribution in [3.05, 3.63) is 56.4 Å². The highest BCUT2D eigenvalue weighted by Crippen LogP contribution is 2.32. The second-order valence-electron chi connectivity index (χ2n) is 7.72. The van der Waals surface area contributed by atoms with Crippen molar-refractivity contribution >= 4 is 39.2 Å². The molecule has 4 rings (SSSR count). The molecule has 1 aliphatic rings. The average Bonchev–Trinajstić information content (AvgIpc) is 2.89. The Morgan fingerprint density at radius 1 is 1.13 bits per heavy atom. The van der Waals surface area contributed by atoms with Gasteiger partial charge in [0.15, 0.2) is 0 Å². The van der Waals surface area contributed by atoms with Crippen LogP contribution in [0.3, 0.4) is 0 Å². The van der Waals surface area contributed by atoms with Gasteiger partial charge in [0, 0.05) is 10.6 Å². The molecule has 0 saturated heterocycles. The van der Waals surface area contributed by atoms with Crippen LogP contribution in [0.1, 0.15) is 40.8 Å². The molecule has 2 N–H and O–H groups in total. The van der Waals surface area contributed by atoms with Crippen LogP contribution in [0.25, 0.3) is 10.2 Å². The maximum atomic E-state index is 13.0. The topological polar surface area (TPSA) is 93.1 Å². The van der Waals surface area contributed by atoms with E-state index in [9.17, 15) is 14.4 Å². The molecule has 0 fully saturated rings. The molecule has 3 aromatic rings. The van der Waals surface area contributed by atoms with E-state index in [2.05, 4.69) is 15.6 Å². The normalized spacial score (nSPS) is 13.5. The molecule has 30 heavy (non-hydrogen) atoms. The van der Waals surface area contributed by atoms with Crippen LogP contribution in [0, 0.1) is 13.8 Å². The second-order valence-corrected chi connectivity index (χ2v) is 8.81. The summed E-state index contributed by atoms with van der Waals surface area (Å²) >= 11 is 1.58. The molecule has 0 bridgehead atoms. The van der Waals surface area contributed by atoms with Crippen molar-refractivity contribution in [1.82, 2.24) is 14.9 Å². The Balaban J connectivity index is 1.48. The number of imide groups is 1. The highest BCUT2D eigenvalue weighted by molar-refractivity contribution is 7.18. The van der Waals surface area contributed by atoms with Crippen LogP contribution < -0.4 is 16.2 Å². The van der Waals surface area contributed by atoms with Crippen molar-refractivity contribution in [2.24, 2.45) is 0 Å². The number of nitrogens with one attached hydrogen (secondary N) is 2. The summed E-state index contributed by atoms with van der Waals surface area (Å²) in [5.74, 6) is -0.569. The lowest BCUT2D eigenvalue weighted by Crippen LogP contribution is -2.38. The van der Waals surface area contributed by atoms with Crippen molar-refractivity contribution in [1.29, 1.82) is 0 Å². The molecule has 2 aromatic heterocycles. The van der Waals surface area contributed by atoms with E-state index in [-0.39, 0.29) is 12.1 Å². The Morgan fingerprint density at radius 2 is 1.93 bits per heavy atom. The van der Waals surface area contributed by atoms with Gasteiger partial charge in [-0.05, 0) is 68.4 Å². The van der Waals surface area contributed by atoms with E-state index in [4.69, 9.17) is 0 Å². The Morgan fingerprint density at radius 3 is 2.73 bits per heavy atom. The lowest BCUT2D eigenvalue weighted by atomic mass is 10.1. The van der Waals surface area contributed by atoms with Gasteiger partial charge in [0.25, 0.3) is 5.56 Å². The number of rotatable bonds is 3. The molecule has 8 heteroatoms. The Kier molecular flexibility index (Phi) is 5.67. The number of carbonyl (C=O) groups is 2. The summed E-state index contributed by atoms with van der Waals surface area (Å²) in [5.41, 5.74) is 3.63. The summed E-state index contributed by atoms with van der Waals surface area (Å²) < 4.78 is 1.28. The van der Waals surface area contributed by atoms with Crippen LogP contribution >= 0.6 is 11.3 Å². The fourth-order valence-corrected chi connectivity index (χ4v) is 4.99. The van der Waals surface area contributed by atoms with Gasteiger partial charge in [-0.25, -0.2) is 9.78 Å². The smallest absolute Gasteiger partial charge is 0.308 e. The number of thiophene rings is 1. The molecule has 0 spiro atoms. The van der Waals surface area contributed by atoms with Gasteiger partial charge in [-0.2, -0.15) is 0 Å². The van der Waals surface area contributed by atoms with E-state index in [1.165, 1.54) is 15.8 Å². The maximum absolute atomic E-state index is 13.0. The summed E-state index contributed by atoms with van der Waals surface area (Å²) in [6.45, 7) is 3.68. The number of carbonyl (C=O) groups excluding carboxylic acids is 2. The minimum atomic E-state index is -0.630. The summed E-state index contributed by atoms with van der Waals surface area (Å²) in [6.07, 6.45) is 6.60. The molecule has 7 nitrogen and oxygen atoms in total. The molecular weight excluding hydrogens is 400 g/mol. The minimum Gasteiger partial charge on any atom is -0.308 e.